The molecule has 1 N–H and O–H groups in total. The summed E-state index contributed by atoms with van der Waals surface area (Å²) >= 11 is 0. The Morgan fingerprint density at radius 3 is 2.14 bits per heavy atom. The molecule has 1 fully saturated rings. The monoisotopic (exact) mass is 331 g/mol. The molecule has 130 valence electrons. The van der Waals surface area contributed by atoms with Crippen LogP contribution in [0.3, 0.4) is 0 Å². The van der Waals surface area contributed by atoms with Gasteiger partial charge in [0, 0.05) is 13.0 Å². The van der Waals surface area contributed by atoms with Crippen molar-refractivity contribution in [2.45, 2.75) is 83.9 Å². The van der Waals surface area contributed by atoms with Crippen LogP contribution in [0.15, 0.2) is 0 Å². The van der Waals surface area contributed by atoms with Crippen LogP contribution in [0.5, 0.6) is 0 Å². The van der Waals surface area contributed by atoms with Crippen LogP contribution >= 0.6 is 0 Å². The Labute approximate surface area is 136 Å². The third kappa shape index (κ3) is 5.55. The highest BCUT2D eigenvalue weighted by molar-refractivity contribution is 6.74. The summed E-state index contributed by atoms with van der Waals surface area (Å²) in [7, 11) is -1.92. The van der Waals surface area contributed by atoms with E-state index < -0.39 is 20.0 Å². The van der Waals surface area contributed by atoms with E-state index in [-0.39, 0.29) is 17.2 Å². The summed E-state index contributed by atoms with van der Waals surface area (Å²) < 4.78 is 11.8. The third-order valence-electron chi connectivity index (χ3n) is 4.31. The molecule has 22 heavy (non-hydrogen) atoms. The smallest absolute Gasteiger partial charge is 0.410 e. The predicted molar refractivity (Wildman–Crippen MR) is 90.5 cm³/mol. The minimum absolute atomic E-state index is 0.103. The molecule has 1 unspecified atom stereocenters. The van der Waals surface area contributed by atoms with E-state index in [2.05, 4.69) is 33.9 Å². The quantitative estimate of drug-likeness (QED) is 0.788. The molecule has 1 aliphatic heterocycles. The normalized spacial score (nSPS) is 24.3. The number of ether oxygens (including phenoxy) is 1. The first-order valence-corrected chi connectivity index (χ1v) is 11.0. The first-order valence-electron chi connectivity index (χ1n) is 8.05. The van der Waals surface area contributed by atoms with Crippen molar-refractivity contribution in [1.82, 2.24) is 4.90 Å². The largest absolute Gasteiger partial charge is 0.444 e. The summed E-state index contributed by atoms with van der Waals surface area (Å²) in [6.07, 6.45) is -0.491. The van der Waals surface area contributed by atoms with Gasteiger partial charge in [-0.2, -0.15) is 0 Å². The van der Waals surface area contributed by atoms with Crippen molar-refractivity contribution < 1.29 is 19.1 Å². The van der Waals surface area contributed by atoms with Crippen molar-refractivity contribution in [3.05, 3.63) is 0 Å². The van der Waals surface area contributed by atoms with Crippen LogP contribution in [0.2, 0.25) is 18.1 Å². The van der Waals surface area contributed by atoms with Crippen LogP contribution in [0, 0.1) is 0 Å². The number of amides is 1. The van der Waals surface area contributed by atoms with Crippen LogP contribution in [0.1, 0.15) is 48.0 Å². The number of hydrogen-bond acceptors (Lipinski definition) is 4. The topological polar surface area (TPSA) is 59.0 Å². The first kappa shape index (κ1) is 19.5. The Morgan fingerprint density at radius 2 is 1.68 bits per heavy atom. The summed E-state index contributed by atoms with van der Waals surface area (Å²) in [6.45, 7) is 17.2. The van der Waals surface area contributed by atoms with Gasteiger partial charge in [0.1, 0.15) is 5.60 Å². The molecule has 1 aliphatic rings. The van der Waals surface area contributed by atoms with Gasteiger partial charge >= 0.3 is 6.09 Å². The Kier molecular flexibility index (Phi) is 5.74. The molecule has 0 aliphatic carbocycles. The van der Waals surface area contributed by atoms with E-state index in [1.54, 1.807) is 4.90 Å². The van der Waals surface area contributed by atoms with Crippen molar-refractivity contribution >= 4 is 14.4 Å². The summed E-state index contributed by atoms with van der Waals surface area (Å²) in [4.78, 5) is 13.8. The number of nitrogens with zero attached hydrogens (tertiary/aromatic N) is 1. The van der Waals surface area contributed by atoms with Gasteiger partial charge in [0.15, 0.2) is 8.32 Å². The molecule has 6 heteroatoms. The van der Waals surface area contributed by atoms with E-state index in [1.165, 1.54) is 0 Å². The zero-order chi connectivity index (χ0) is 17.3. The van der Waals surface area contributed by atoms with Gasteiger partial charge in [-0.25, -0.2) is 4.79 Å². The molecule has 0 aromatic carbocycles. The Balaban J connectivity index is 2.74. The van der Waals surface area contributed by atoms with Gasteiger partial charge in [-0.3, -0.25) is 0 Å². The van der Waals surface area contributed by atoms with Crippen molar-refractivity contribution in [2.24, 2.45) is 0 Å². The lowest BCUT2D eigenvalue weighted by atomic mass is 10.1. The second kappa shape index (κ2) is 6.49. The number of carbonyl (C=O) groups is 1. The van der Waals surface area contributed by atoms with Gasteiger partial charge in [0.2, 0.25) is 0 Å². The predicted octanol–water partition coefficient (Wildman–Crippen LogP) is 3.38. The number of hydrogen-bond donors (Lipinski definition) is 1. The average Bonchev–Trinajstić information content (AvgIpc) is 2.23. The summed E-state index contributed by atoms with van der Waals surface area (Å²) in [5.74, 6) is 0. The number of rotatable bonds is 2. The highest BCUT2D eigenvalue weighted by Crippen LogP contribution is 2.38. The molecule has 0 aromatic heterocycles. The van der Waals surface area contributed by atoms with E-state index in [0.29, 0.717) is 19.5 Å². The van der Waals surface area contributed by atoms with Gasteiger partial charge in [0.05, 0.1) is 18.8 Å². The fourth-order valence-electron chi connectivity index (χ4n) is 2.18. The molecule has 0 radical (unpaired) electrons. The molecule has 5 nitrogen and oxygen atoms in total. The maximum Gasteiger partial charge on any atom is 0.410 e. The molecule has 0 saturated carbocycles. The minimum atomic E-state index is -1.92. The Morgan fingerprint density at radius 1 is 1.14 bits per heavy atom. The highest BCUT2D eigenvalue weighted by atomic mass is 28.4. The van der Waals surface area contributed by atoms with Crippen LogP contribution in [0.4, 0.5) is 4.79 Å². The average molecular weight is 332 g/mol. The molecule has 1 amide bonds. The zero-order valence-corrected chi connectivity index (χ0v) is 16.4. The fourth-order valence-corrected chi connectivity index (χ4v) is 3.54. The van der Waals surface area contributed by atoms with Crippen LogP contribution in [0.25, 0.3) is 0 Å². The number of carbonyl (C=O) groups excluding carboxylic acids is 1. The molecule has 1 heterocycles. The van der Waals surface area contributed by atoms with Gasteiger partial charge in [-0.05, 0) is 38.9 Å². The summed E-state index contributed by atoms with van der Waals surface area (Å²) in [5.41, 5.74) is -0.532. The van der Waals surface area contributed by atoms with E-state index >= 15 is 0 Å². The number of aliphatic hydroxyl groups excluding tert-OH is 1. The van der Waals surface area contributed by atoms with Crippen LogP contribution in [-0.4, -0.2) is 55.3 Å². The van der Waals surface area contributed by atoms with E-state index in [1.807, 2.05) is 20.8 Å². The molecular weight excluding hydrogens is 298 g/mol. The minimum Gasteiger partial charge on any atom is -0.444 e. The molecular formula is C16H33NO4Si. The van der Waals surface area contributed by atoms with Gasteiger partial charge in [-0.1, -0.05) is 20.8 Å². The van der Waals surface area contributed by atoms with Crippen molar-refractivity contribution in [3.63, 3.8) is 0 Å². The van der Waals surface area contributed by atoms with E-state index in [4.69, 9.17) is 9.16 Å². The number of likely N-dealkylation sites (tertiary alicyclic amines) is 1. The van der Waals surface area contributed by atoms with Crippen LogP contribution < -0.4 is 0 Å². The molecule has 0 spiro atoms. The highest BCUT2D eigenvalue weighted by Gasteiger charge is 2.41. The van der Waals surface area contributed by atoms with Crippen LogP contribution in [-0.2, 0) is 9.16 Å². The van der Waals surface area contributed by atoms with Crippen molar-refractivity contribution in [1.29, 1.82) is 0 Å². The number of piperidine rings is 1. The van der Waals surface area contributed by atoms with Gasteiger partial charge in [-0.15, -0.1) is 0 Å². The van der Waals surface area contributed by atoms with Gasteiger partial charge in [0.25, 0.3) is 0 Å². The van der Waals surface area contributed by atoms with Crippen molar-refractivity contribution in [3.8, 4) is 0 Å². The Hall–Kier alpha value is -0.593. The molecule has 1 saturated heterocycles. The number of β-amino-alcohol motifs (C(OH)–C–C–N with tert-alkyl or cyclic N) is 1. The SMILES string of the molecule is CC(C)(C)OC(=O)N1CC(O[Si](C)(C)C(C)(C)C)C[C@@H](O)C1. The lowest BCUT2D eigenvalue weighted by Gasteiger charge is -2.43. The number of aliphatic hydroxyl groups is 1. The van der Waals surface area contributed by atoms with Gasteiger partial charge < -0.3 is 19.2 Å². The molecule has 0 aromatic rings. The lowest BCUT2D eigenvalue weighted by Crippen LogP contribution is -2.54. The second-order valence-corrected chi connectivity index (χ2v) is 13.5. The molecule has 0 bridgehead atoms. The first-order chi connectivity index (χ1) is 9.71. The maximum atomic E-state index is 12.2. The summed E-state index contributed by atoms with van der Waals surface area (Å²) in [5, 5.41) is 10.2. The summed E-state index contributed by atoms with van der Waals surface area (Å²) in [6, 6.07) is 0. The molecule has 2 atom stereocenters. The maximum absolute atomic E-state index is 12.2. The lowest BCUT2D eigenvalue weighted by molar-refractivity contribution is -0.0261. The third-order valence-corrected chi connectivity index (χ3v) is 8.84. The van der Waals surface area contributed by atoms with E-state index in [0.717, 1.165) is 0 Å². The fraction of sp³-hybridized carbons (Fsp3) is 0.938. The van der Waals surface area contributed by atoms with Crippen molar-refractivity contribution in [2.75, 3.05) is 13.1 Å². The molecule has 1 rings (SSSR count). The zero-order valence-electron chi connectivity index (χ0n) is 15.4. The standard InChI is InChI=1S/C16H33NO4Si/c1-15(2,3)20-14(19)17-10-12(18)9-13(11-17)21-22(7,8)16(4,5)6/h12-13,18H,9-11H2,1-8H3/t12-,13?/m1/s1. The second-order valence-electron chi connectivity index (χ2n) is 8.78. The van der Waals surface area contributed by atoms with E-state index in [9.17, 15) is 9.90 Å². The Bertz CT molecular complexity index is 398.